The summed E-state index contributed by atoms with van der Waals surface area (Å²) in [6, 6.07) is 9.69. The number of benzene rings is 2. The van der Waals surface area contributed by atoms with Crippen LogP contribution in [-0.4, -0.2) is 24.7 Å². The zero-order valence-electron chi connectivity index (χ0n) is 16.7. The van der Waals surface area contributed by atoms with Crippen LogP contribution in [0.25, 0.3) is 0 Å². The van der Waals surface area contributed by atoms with Gasteiger partial charge in [-0.25, -0.2) is 4.79 Å². The van der Waals surface area contributed by atoms with Gasteiger partial charge in [0, 0.05) is 13.6 Å². The zero-order chi connectivity index (χ0) is 19.6. The molecule has 0 fully saturated rings. The van der Waals surface area contributed by atoms with Crippen LogP contribution in [0.4, 0.5) is 5.69 Å². The fourth-order valence-electron chi connectivity index (χ4n) is 3.79. The number of nitrogens with zero attached hydrogens (tertiary/aromatic N) is 1. The Morgan fingerprint density at radius 2 is 1.89 bits per heavy atom. The minimum absolute atomic E-state index is 0.311. The molecule has 0 atom stereocenters. The lowest BCUT2D eigenvalue weighted by Crippen LogP contribution is -2.23. The van der Waals surface area contributed by atoms with Crippen molar-refractivity contribution in [3.8, 4) is 5.75 Å². The Labute approximate surface area is 161 Å². The largest absolute Gasteiger partial charge is 0.487 e. The molecule has 0 spiro atoms. The zero-order valence-corrected chi connectivity index (χ0v) is 16.7. The molecule has 0 heterocycles. The molecule has 0 saturated heterocycles. The summed E-state index contributed by atoms with van der Waals surface area (Å²) in [6.45, 7) is 7.78. The highest BCUT2D eigenvalue weighted by atomic mass is 16.5. The quantitative estimate of drug-likeness (QED) is 0.760. The first-order valence-electron chi connectivity index (χ1n) is 9.67. The predicted molar refractivity (Wildman–Crippen MR) is 109 cm³/mol. The van der Waals surface area contributed by atoms with E-state index in [4.69, 9.17) is 9.84 Å². The third kappa shape index (κ3) is 4.44. The number of rotatable bonds is 7. The molecular formula is C23H29NO3. The molecule has 2 aromatic rings. The number of carboxylic acid groups (broad SMARTS) is 1. The fourth-order valence-corrected chi connectivity index (χ4v) is 3.79. The van der Waals surface area contributed by atoms with E-state index in [0.29, 0.717) is 18.1 Å². The van der Waals surface area contributed by atoms with E-state index in [1.54, 1.807) is 12.1 Å². The van der Waals surface area contributed by atoms with Crippen molar-refractivity contribution in [2.24, 2.45) is 5.92 Å². The van der Waals surface area contributed by atoms with E-state index >= 15 is 0 Å². The van der Waals surface area contributed by atoms with Crippen LogP contribution in [0.2, 0.25) is 0 Å². The number of hydrogen-bond acceptors (Lipinski definition) is 3. The van der Waals surface area contributed by atoms with Crippen molar-refractivity contribution >= 4 is 11.7 Å². The Kier molecular flexibility index (Phi) is 5.73. The summed E-state index contributed by atoms with van der Waals surface area (Å²) in [6.07, 6.45) is 3.47. The molecule has 3 rings (SSSR count). The summed E-state index contributed by atoms with van der Waals surface area (Å²) in [4.78, 5) is 13.4. The van der Waals surface area contributed by atoms with Gasteiger partial charge in [0.1, 0.15) is 12.4 Å². The molecule has 4 nitrogen and oxygen atoms in total. The van der Waals surface area contributed by atoms with E-state index in [9.17, 15) is 4.79 Å². The van der Waals surface area contributed by atoms with Crippen molar-refractivity contribution in [1.82, 2.24) is 0 Å². The van der Waals surface area contributed by atoms with E-state index < -0.39 is 5.97 Å². The average molecular weight is 367 g/mol. The van der Waals surface area contributed by atoms with Crippen LogP contribution in [-0.2, 0) is 19.4 Å². The maximum absolute atomic E-state index is 11.1. The first kappa shape index (κ1) is 19.3. The summed E-state index contributed by atoms with van der Waals surface area (Å²) >= 11 is 0. The highest BCUT2D eigenvalue weighted by Crippen LogP contribution is 2.36. The van der Waals surface area contributed by atoms with Crippen LogP contribution in [0.5, 0.6) is 5.75 Å². The van der Waals surface area contributed by atoms with Crippen molar-refractivity contribution in [2.45, 2.75) is 46.6 Å². The van der Waals surface area contributed by atoms with Gasteiger partial charge in [-0.05, 0) is 78.6 Å². The van der Waals surface area contributed by atoms with Crippen LogP contribution in [0, 0.1) is 12.8 Å². The molecule has 4 heteroatoms. The molecule has 144 valence electrons. The first-order valence-corrected chi connectivity index (χ1v) is 9.67. The molecule has 1 aliphatic rings. The maximum Gasteiger partial charge on any atom is 0.335 e. The molecule has 0 aliphatic heterocycles. The second-order valence-corrected chi connectivity index (χ2v) is 7.95. The van der Waals surface area contributed by atoms with Crippen LogP contribution < -0.4 is 9.64 Å². The standard InChI is InChI=1S/C23H29NO3/c1-15(2)13-24(4)21-11-17-6-5-7-18(17)12-22(21)27-14-20-9-8-19(23(25)26)10-16(20)3/h8-12,15H,5-7,13-14H2,1-4H3,(H,25,26). The highest BCUT2D eigenvalue weighted by Gasteiger charge is 2.18. The fraction of sp³-hybridized carbons (Fsp3) is 0.435. The summed E-state index contributed by atoms with van der Waals surface area (Å²) < 4.78 is 6.24. The summed E-state index contributed by atoms with van der Waals surface area (Å²) in [5.41, 5.74) is 6.24. The minimum atomic E-state index is -0.901. The Hall–Kier alpha value is -2.49. The van der Waals surface area contributed by atoms with Crippen molar-refractivity contribution in [3.05, 3.63) is 58.1 Å². The van der Waals surface area contributed by atoms with Crippen LogP contribution in [0.3, 0.4) is 0 Å². The van der Waals surface area contributed by atoms with E-state index in [0.717, 1.165) is 42.0 Å². The van der Waals surface area contributed by atoms with E-state index in [1.807, 2.05) is 13.0 Å². The summed E-state index contributed by atoms with van der Waals surface area (Å²) in [7, 11) is 2.12. The SMILES string of the molecule is Cc1cc(C(=O)O)ccc1COc1cc2c(cc1N(C)CC(C)C)CCC2. The number of fused-ring (bicyclic) bond motifs is 1. The van der Waals surface area contributed by atoms with Crippen molar-refractivity contribution in [2.75, 3.05) is 18.5 Å². The van der Waals surface area contributed by atoms with Gasteiger partial charge in [0.25, 0.3) is 0 Å². The number of carboxylic acids is 1. The second kappa shape index (κ2) is 8.03. The highest BCUT2D eigenvalue weighted by molar-refractivity contribution is 5.87. The molecule has 0 radical (unpaired) electrons. The lowest BCUT2D eigenvalue weighted by molar-refractivity contribution is 0.0696. The van der Waals surface area contributed by atoms with Crippen molar-refractivity contribution < 1.29 is 14.6 Å². The Morgan fingerprint density at radius 1 is 1.19 bits per heavy atom. The molecular weight excluding hydrogens is 338 g/mol. The van der Waals surface area contributed by atoms with Gasteiger partial charge in [-0.2, -0.15) is 0 Å². The van der Waals surface area contributed by atoms with Gasteiger partial charge in [0.2, 0.25) is 0 Å². The molecule has 0 unspecified atom stereocenters. The van der Waals surface area contributed by atoms with Crippen LogP contribution >= 0.6 is 0 Å². The van der Waals surface area contributed by atoms with Gasteiger partial charge in [0.05, 0.1) is 11.3 Å². The number of ether oxygens (including phenoxy) is 1. The molecule has 27 heavy (non-hydrogen) atoms. The van der Waals surface area contributed by atoms with E-state index in [-0.39, 0.29) is 0 Å². The average Bonchev–Trinajstić information content (AvgIpc) is 3.06. The first-order chi connectivity index (χ1) is 12.8. The smallest absolute Gasteiger partial charge is 0.335 e. The number of aryl methyl sites for hydroxylation is 3. The Balaban J connectivity index is 1.84. The van der Waals surface area contributed by atoms with Gasteiger partial charge in [-0.1, -0.05) is 19.9 Å². The number of carbonyl (C=O) groups is 1. The van der Waals surface area contributed by atoms with Crippen LogP contribution in [0.15, 0.2) is 30.3 Å². The lowest BCUT2D eigenvalue weighted by atomic mass is 10.1. The van der Waals surface area contributed by atoms with Crippen molar-refractivity contribution in [3.63, 3.8) is 0 Å². The third-order valence-electron chi connectivity index (χ3n) is 5.20. The second-order valence-electron chi connectivity index (χ2n) is 7.95. The van der Waals surface area contributed by atoms with Gasteiger partial charge in [-0.15, -0.1) is 0 Å². The molecule has 1 N–H and O–H groups in total. The van der Waals surface area contributed by atoms with Gasteiger partial charge in [-0.3, -0.25) is 0 Å². The van der Waals surface area contributed by atoms with Gasteiger partial charge >= 0.3 is 5.97 Å². The van der Waals surface area contributed by atoms with Crippen LogP contribution in [0.1, 0.15) is 52.9 Å². The summed E-state index contributed by atoms with van der Waals surface area (Å²) in [5, 5.41) is 9.13. The number of aromatic carboxylic acids is 1. The third-order valence-corrected chi connectivity index (χ3v) is 5.20. The maximum atomic E-state index is 11.1. The topological polar surface area (TPSA) is 49.8 Å². The van der Waals surface area contributed by atoms with Gasteiger partial charge in [0.15, 0.2) is 0 Å². The summed E-state index contributed by atoms with van der Waals surface area (Å²) in [5.74, 6) is 0.587. The predicted octanol–water partition coefficient (Wildman–Crippen LogP) is 4.85. The molecule has 0 saturated carbocycles. The normalized spacial score (nSPS) is 12.9. The van der Waals surface area contributed by atoms with Gasteiger partial charge < -0.3 is 14.7 Å². The number of hydrogen-bond donors (Lipinski definition) is 1. The lowest BCUT2D eigenvalue weighted by Gasteiger charge is -2.25. The van der Waals surface area contributed by atoms with E-state index in [1.165, 1.54) is 17.5 Å². The molecule has 0 aromatic heterocycles. The Bertz CT molecular complexity index is 842. The molecule has 0 amide bonds. The number of anilines is 1. The minimum Gasteiger partial charge on any atom is -0.487 e. The van der Waals surface area contributed by atoms with Crippen molar-refractivity contribution in [1.29, 1.82) is 0 Å². The monoisotopic (exact) mass is 367 g/mol. The Morgan fingerprint density at radius 3 is 2.52 bits per heavy atom. The van der Waals surface area contributed by atoms with E-state index in [2.05, 4.69) is 37.9 Å². The molecule has 1 aliphatic carbocycles. The molecule has 0 bridgehead atoms. The molecule has 2 aromatic carbocycles.